The molecule has 0 unspecified atom stereocenters. The Morgan fingerprint density at radius 2 is 1.13 bits per heavy atom. The Labute approximate surface area is 143 Å². The maximum atomic E-state index is 3.41. The quantitative estimate of drug-likeness (QED) is 0.591. The molecule has 2 aromatic rings. The minimum atomic E-state index is 0.222. The fourth-order valence-electron chi connectivity index (χ4n) is 2.69. The topological polar surface area (TPSA) is 0 Å². The van der Waals surface area contributed by atoms with E-state index in [1.165, 1.54) is 22.3 Å². The number of hydrogen-bond acceptors (Lipinski definition) is 0. The average molecular weight is 306 g/mol. The third kappa shape index (κ3) is 4.25. The van der Waals surface area contributed by atoms with Crippen LogP contribution in [0.2, 0.25) is 0 Å². The third-order valence-corrected chi connectivity index (χ3v) is 5.43. The van der Waals surface area contributed by atoms with Crippen LogP contribution in [-0.4, -0.2) is 0 Å². The summed E-state index contributed by atoms with van der Waals surface area (Å²) in [6.07, 6.45) is 3.19. The van der Waals surface area contributed by atoms with E-state index in [-0.39, 0.29) is 10.8 Å². The minimum Gasteiger partial charge on any atom is -0.0646 e. The van der Waals surface area contributed by atoms with Crippen molar-refractivity contribution in [3.05, 3.63) is 70.8 Å². The Hall–Kier alpha value is -1.56. The summed E-state index contributed by atoms with van der Waals surface area (Å²) in [6, 6.07) is 20.0. The van der Waals surface area contributed by atoms with E-state index in [2.05, 4.69) is 90.1 Å². The molecule has 23 heavy (non-hydrogen) atoms. The Morgan fingerprint density at radius 3 is 1.48 bits per heavy atom. The van der Waals surface area contributed by atoms with Crippen molar-refractivity contribution < 1.29 is 0 Å². The van der Waals surface area contributed by atoms with Crippen LogP contribution >= 0.6 is 0 Å². The van der Waals surface area contributed by atoms with Crippen molar-refractivity contribution in [1.82, 2.24) is 0 Å². The minimum absolute atomic E-state index is 0.222. The lowest BCUT2D eigenvalue weighted by Crippen LogP contribution is -2.16. The van der Waals surface area contributed by atoms with Crippen molar-refractivity contribution in [2.45, 2.75) is 71.6 Å². The van der Waals surface area contributed by atoms with Crippen LogP contribution in [0, 0.1) is 12.1 Å². The van der Waals surface area contributed by atoms with Crippen LogP contribution < -0.4 is 0 Å². The van der Waals surface area contributed by atoms with Crippen LogP contribution in [0.25, 0.3) is 0 Å². The lowest BCUT2D eigenvalue weighted by molar-refractivity contribution is 0.505. The molecule has 0 heterocycles. The van der Waals surface area contributed by atoms with Gasteiger partial charge in [0.05, 0.1) is 0 Å². The normalized spacial score (nSPS) is 12.4. The molecule has 0 heteroatoms. The molecule has 0 nitrogen and oxygen atoms in total. The van der Waals surface area contributed by atoms with Crippen molar-refractivity contribution in [3.63, 3.8) is 0 Å². The van der Waals surface area contributed by atoms with Crippen LogP contribution in [0.4, 0.5) is 0 Å². The lowest BCUT2D eigenvalue weighted by Gasteiger charge is -2.24. The van der Waals surface area contributed by atoms with Gasteiger partial charge in [-0.25, -0.2) is 0 Å². The fourth-order valence-corrected chi connectivity index (χ4v) is 2.69. The average Bonchev–Trinajstić information content (AvgIpc) is 2.55. The van der Waals surface area contributed by atoms with Crippen LogP contribution in [0.5, 0.6) is 0 Å². The molecule has 0 atom stereocenters. The number of hydrogen-bond donors (Lipinski definition) is 0. The zero-order valence-electron chi connectivity index (χ0n) is 15.6. The van der Waals surface area contributed by atoms with Gasteiger partial charge in [0.15, 0.2) is 0 Å². The van der Waals surface area contributed by atoms with Crippen molar-refractivity contribution in [1.29, 1.82) is 0 Å². The second kappa shape index (κ2) is 6.91. The summed E-state index contributed by atoms with van der Waals surface area (Å²) in [4.78, 5) is 0. The highest BCUT2D eigenvalue weighted by Gasteiger charge is 2.19. The molecule has 2 radical (unpaired) electrons. The van der Waals surface area contributed by atoms with Gasteiger partial charge in [-0.05, 0) is 64.5 Å². The molecular formula is C23H30. The van der Waals surface area contributed by atoms with Crippen LogP contribution in [0.1, 0.15) is 76.6 Å². The van der Waals surface area contributed by atoms with Gasteiger partial charge in [-0.1, -0.05) is 77.9 Å². The number of rotatable bonds is 6. The first-order chi connectivity index (χ1) is 10.8. The van der Waals surface area contributed by atoms with Crippen molar-refractivity contribution in [2.75, 3.05) is 0 Å². The lowest BCUT2D eigenvalue weighted by atomic mass is 9.80. The van der Waals surface area contributed by atoms with Crippen LogP contribution in [0.15, 0.2) is 36.4 Å². The summed E-state index contributed by atoms with van der Waals surface area (Å²) < 4.78 is 0. The standard InChI is InChI=1S/C23H30/c1-7-22(3,4)20-13-9-11-18(16-20)15-19-12-10-14-21(17-19)23(5,6)8-2/h9-10,13-14,16-17H,7-8,15H2,1-6H3. The van der Waals surface area contributed by atoms with Crippen molar-refractivity contribution >= 4 is 0 Å². The predicted octanol–water partition coefficient (Wildman–Crippen LogP) is 6.25. The molecule has 0 N–H and O–H groups in total. The maximum Gasteiger partial charge on any atom is -0.00132 e. The molecule has 0 saturated carbocycles. The molecule has 2 aromatic carbocycles. The predicted molar refractivity (Wildman–Crippen MR) is 100.0 cm³/mol. The molecule has 0 amide bonds. The second-order valence-electron chi connectivity index (χ2n) is 7.86. The summed E-state index contributed by atoms with van der Waals surface area (Å²) in [6.45, 7) is 13.7. The Bertz CT molecular complexity index is 589. The van der Waals surface area contributed by atoms with E-state index in [9.17, 15) is 0 Å². The van der Waals surface area contributed by atoms with Crippen molar-refractivity contribution in [3.8, 4) is 0 Å². The highest BCUT2D eigenvalue weighted by Crippen LogP contribution is 2.29. The number of benzene rings is 2. The van der Waals surface area contributed by atoms with Gasteiger partial charge in [-0.2, -0.15) is 0 Å². The molecule has 0 aliphatic heterocycles. The van der Waals surface area contributed by atoms with Gasteiger partial charge >= 0.3 is 0 Å². The van der Waals surface area contributed by atoms with E-state index in [0.717, 1.165) is 19.3 Å². The molecule has 0 aliphatic rings. The van der Waals surface area contributed by atoms with Crippen molar-refractivity contribution in [2.24, 2.45) is 0 Å². The Kier molecular flexibility index (Phi) is 5.34. The molecule has 0 bridgehead atoms. The molecular weight excluding hydrogens is 276 g/mol. The molecule has 0 aliphatic carbocycles. The molecule has 0 spiro atoms. The third-order valence-electron chi connectivity index (χ3n) is 5.43. The molecule has 0 aromatic heterocycles. The monoisotopic (exact) mass is 306 g/mol. The Morgan fingerprint density at radius 1 is 0.739 bits per heavy atom. The molecule has 0 saturated heterocycles. The first-order valence-electron chi connectivity index (χ1n) is 8.80. The summed E-state index contributed by atoms with van der Waals surface area (Å²) in [5.41, 5.74) is 5.76. The van der Waals surface area contributed by atoms with Gasteiger partial charge in [-0.15, -0.1) is 0 Å². The van der Waals surface area contributed by atoms with Crippen LogP contribution in [0.3, 0.4) is 0 Å². The van der Waals surface area contributed by atoms with E-state index in [4.69, 9.17) is 0 Å². The van der Waals surface area contributed by atoms with E-state index in [1.54, 1.807) is 0 Å². The molecule has 122 valence electrons. The van der Waals surface area contributed by atoms with E-state index in [0.29, 0.717) is 0 Å². The van der Waals surface area contributed by atoms with Gasteiger partial charge in [-0.3, -0.25) is 0 Å². The van der Waals surface area contributed by atoms with Gasteiger partial charge in [0.25, 0.3) is 0 Å². The zero-order valence-corrected chi connectivity index (χ0v) is 15.6. The van der Waals surface area contributed by atoms with E-state index < -0.39 is 0 Å². The first-order valence-corrected chi connectivity index (χ1v) is 8.80. The Balaban J connectivity index is 2.27. The second-order valence-corrected chi connectivity index (χ2v) is 7.86. The van der Waals surface area contributed by atoms with Gasteiger partial charge in [0, 0.05) is 0 Å². The summed E-state index contributed by atoms with van der Waals surface area (Å²) in [5.74, 6) is 0. The first kappa shape index (κ1) is 17.8. The highest BCUT2D eigenvalue weighted by molar-refractivity contribution is 5.34. The van der Waals surface area contributed by atoms with E-state index in [1.807, 2.05) is 0 Å². The summed E-state index contributed by atoms with van der Waals surface area (Å²) in [5, 5.41) is 0. The summed E-state index contributed by atoms with van der Waals surface area (Å²) >= 11 is 0. The van der Waals surface area contributed by atoms with Crippen LogP contribution in [-0.2, 0) is 17.3 Å². The van der Waals surface area contributed by atoms with Gasteiger partial charge < -0.3 is 0 Å². The largest absolute Gasteiger partial charge is 0.0646 e. The fraction of sp³-hybridized carbons (Fsp3) is 0.478. The van der Waals surface area contributed by atoms with Gasteiger partial charge in [0.1, 0.15) is 0 Å². The maximum absolute atomic E-state index is 3.41. The molecule has 2 rings (SSSR count). The van der Waals surface area contributed by atoms with E-state index >= 15 is 0 Å². The smallest absolute Gasteiger partial charge is 0.00132 e. The zero-order chi connectivity index (χ0) is 17.1. The SMILES string of the molecule is CCC(C)(C)c1cc[c]c(Cc2[c]ccc(C(C)(C)CC)c2)c1. The van der Waals surface area contributed by atoms with Gasteiger partial charge in [0.2, 0.25) is 0 Å². The highest BCUT2D eigenvalue weighted by atomic mass is 14.2. The molecule has 0 fully saturated rings. The summed E-state index contributed by atoms with van der Waals surface area (Å²) in [7, 11) is 0.